The molecular formula is C21H20N2O4. The zero-order valence-corrected chi connectivity index (χ0v) is 15.0. The lowest BCUT2D eigenvalue weighted by Crippen LogP contribution is -2.39. The minimum absolute atomic E-state index is 0.0251. The fraction of sp³-hybridized carbons (Fsp3) is 0.286. The number of nitrogens with one attached hydrogen (secondary N) is 1. The van der Waals surface area contributed by atoms with Gasteiger partial charge in [-0.3, -0.25) is 9.59 Å². The van der Waals surface area contributed by atoms with Crippen LogP contribution in [0.1, 0.15) is 34.8 Å². The van der Waals surface area contributed by atoms with Gasteiger partial charge in [-0.15, -0.1) is 0 Å². The summed E-state index contributed by atoms with van der Waals surface area (Å²) in [5.74, 6) is -0.788. The lowest BCUT2D eigenvalue weighted by molar-refractivity contribution is -0.126. The van der Waals surface area contributed by atoms with E-state index in [1.807, 2.05) is 24.3 Å². The molecule has 1 unspecified atom stereocenters. The van der Waals surface area contributed by atoms with Crippen LogP contribution in [0, 0.1) is 0 Å². The molecule has 27 heavy (non-hydrogen) atoms. The number of rotatable bonds is 3. The van der Waals surface area contributed by atoms with Gasteiger partial charge in [-0.05, 0) is 55.2 Å². The van der Waals surface area contributed by atoms with Gasteiger partial charge in [0.15, 0.2) is 6.10 Å². The normalized spacial score (nSPS) is 16.2. The second-order valence-corrected chi connectivity index (χ2v) is 6.84. The van der Waals surface area contributed by atoms with Gasteiger partial charge < -0.3 is 15.0 Å². The van der Waals surface area contributed by atoms with Crippen LogP contribution >= 0.6 is 0 Å². The maximum atomic E-state index is 12.7. The minimum atomic E-state index is -0.876. The van der Waals surface area contributed by atoms with Crippen molar-refractivity contribution in [3.05, 3.63) is 59.2 Å². The number of fused-ring (bicyclic) bond motifs is 2. The van der Waals surface area contributed by atoms with Crippen LogP contribution < -0.4 is 10.2 Å². The number of para-hydroxylation sites is 1. The summed E-state index contributed by atoms with van der Waals surface area (Å²) in [5.41, 5.74) is 4.01. The molecule has 0 aliphatic carbocycles. The Kier molecular flexibility index (Phi) is 4.39. The first kappa shape index (κ1) is 17.3. The fourth-order valence-electron chi connectivity index (χ4n) is 3.58. The highest BCUT2D eigenvalue weighted by molar-refractivity contribution is 6.01. The van der Waals surface area contributed by atoms with E-state index in [0.717, 1.165) is 28.9 Å². The van der Waals surface area contributed by atoms with E-state index in [9.17, 15) is 14.4 Å². The monoisotopic (exact) mass is 364 g/mol. The summed E-state index contributed by atoms with van der Waals surface area (Å²) in [6.45, 7) is 2.19. The van der Waals surface area contributed by atoms with Crippen molar-refractivity contribution < 1.29 is 19.1 Å². The molecule has 2 amide bonds. The zero-order chi connectivity index (χ0) is 19.0. The van der Waals surface area contributed by atoms with Gasteiger partial charge in [-0.2, -0.15) is 0 Å². The Morgan fingerprint density at radius 1 is 1.07 bits per heavy atom. The second-order valence-electron chi connectivity index (χ2n) is 6.84. The molecule has 6 nitrogen and oxygen atoms in total. The van der Waals surface area contributed by atoms with E-state index >= 15 is 0 Å². The number of hydrogen-bond donors (Lipinski definition) is 1. The lowest BCUT2D eigenvalue weighted by atomic mass is 10.0. The first-order valence-corrected chi connectivity index (χ1v) is 9.06. The summed E-state index contributed by atoms with van der Waals surface area (Å²) in [5, 5.41) is 2.78. The average Bonchev–Trinajstić information content (AvgIpc) is 3.11. The van der Waals surface area contributed by atoms with Crippen LogP contribution in [0.3, 0.4) is 0 Å². The summed E-state index contributed by atoms with van der Waals surface area (Å²) in [6, 6.07) is 12.8. The number of ether oxygens (including phenoxy) is 1. The summed E-state index contributed by atoms with van der Waals surface area (Å²) in [6.07, 6.45) is 0.911. The minimum Gasteiger partial charge on any atom is -0.449 e. The van der Waals surface area contributed by atoms with Crippen LogP contribution in [-0.4, -0.2) is 30.4 Å². The van der Waals surface area contributed by atoms with Crippen molar-refractivity contribution in [3.8, 4) is 0 Å². The van der Waals surface area contributed by atoms with Gasteiger partial charge in [0.2, 0.25) is 5.91 Å². The molecule has 2 aliphatic heterocycles. The van der Waals surface area contributed by atoms with E-state index in [0.29, 0.717) is 24.9 Å². The number of anilines is 2. The summed E-state index contributed by atoms with van der Waals surface area (Å²) in [7, 11) is 0. The Balaban J connectivity index is 1.45. The highest BCUT2D eigenvalue weighted by atomic mass is 16.5. The molecule has 0 fully saturated rings. The maximum absolute atomic E-state index is 12.7. The molecule has 0 saturated heterocycles. The molecule has 1 atom stereocenters. The Morgan fingerprint density at radius 3 is 2.74 bits per heavy atom. The molecule has 0 aromatic heterocycles. The predicted molar refractivity (Wildman–Crippen MR) is 101 cm³/mol. The SMILES string of the molecule is CC(OC(=O)c1ccc2c(c1)CCC(=O)N2)C(=O)N1CCc2ccccc21. The molecule has 0 bridgehead atoms. The molecule has 2 aliphatic rings. The average molecular weight is 364 g/mol. The third-order valence-corrected chi connectivity index (χ3v) is 5.02. The molecule has 2 heterocycles. The third-order valence-electron chi connectivity index (χ3n) is 5.02. The summed E-state index contributed by atoms with van der Waals surface area (Å²) in [4.78, 5) is 38.3. The predicted octanol–water partition coefficient (Wildman–Crippen LogP) is 2.71. The van der Waals surface area contributed by atoms with Gasteiger partial charge >= 0.3 is 5.97 Å². The summed E-state index contributed by atoms with van der Waals surface area (Å²) < 4.78 is 5.42. The Bertz CT molecular complexity index is 938. The molecule has 2 aromatic carbocycles. The molecule has 0 spiro atoms. The Hall–Kier alpha value is -3.15. The molecule has 0 radical (unpaired) electrons. The van der Waals surface area contributed by atoms with Gasteiger partial charge in [-0.1, -0.05) is 18.2 Å². The van der Waals surface area contributed by atoms with E-state index in [1.54, 1.807) is 30.0 Å². The third kappa shape index (κ3) is 3.30. The van der Waals surface area contributed by atoms with Crippen LogP contribution in [0.25, 0.3) is 0 Å². The van der Waals surface area contributed by atoms with Gasteiger partial charge in [-0.25, -0.2) is 4.79 Å². The van der Waals surface area contributed by atoms with E-state index in [1.165, 1.54) is 0 Å². The second kappa shape index (κ2) is 6.87. The van der Waals surface area contributed by atoms with Crippen molar-refractivity contribution in [3.63, 3.8) is 0 Å². The number of carbonyl (C=O) groups is 3. The fourth-order valence-corrected chi connectivity index (χ4v) is 3.58. The molecular weight excluding hydrogens is 344 g/mol. The largest absolute Gasteiger partial charge is 0.449 e. The van der Waals surface area contributed by atoms with E-state index < -0.39 is 12.1 Å². The van der Waals surface area contributed by atoms with E-state index in [4.69, 9.17) is 4.74 Å². The van der Waals surface area contributed by atoms with Crippen molar-refractivity contribution >= 4 is 29.2 Å². The van der Waals surface area contributed by atoms with Gasteiger partial charge in [0.25, 0.3) is 5.91 Å². The number of benzene rings is 2. The number of carbonyl (C=O) groups excluding carboxylic acids is 3. The van der Waals surface area contributed by atoms with Crippen molar-refractivity contribution in [1.82, 2.24) is 0 Å². The molecule has 2 aromatic rings. The first-order valence-electron chi connectivity index (χ1n) is 9.06. The van der Waals surface area contributed by atoms with E-state index in [2.05, 4.69) is 5.32 Å². The first-order chi connectivity index (χ1) is 13.0. The van der Waals surface area contributed by atoms with Crippen LogP contribution in [-0.2, 0) is 27.2 Å². The molecule has 6 heteroatoms. The van der Waals surface area contributed by atoms with E-state index in [-0.39, 0.29) is 11.8 Å². The van der Waals surface area contributed by atoms with Crippen molar-refractivity contribution in [2.75, 3.05) is 16.8 Å². The quantitative estimate of drug-likeness (QED) is 0.850. The smallest absolute Gasteiger partial charge is 0.338 e. The Labute approximate surface area is 157 Å². The molecule has 1 N–H and O–H groups in total. The van der Waals surface area contributed by atoms with Crippen molar-refractivity contribution in [1.29, 1.82) is 0 Å². The maximum Gasteiger partial charge on any atom is 0.338 e. The van der Waals surface area contributed by atoms with Gasteiger partial charge in [0, 0.05) is 24.3 Å². The molecule has 138 valence electrons. The molecule has 0 saturated carbocycles. The lowest BCUT2D eigenvalue weighted by Gasteiger charge is -2.22. The highest BCUT2D eigenvalue weighted by Gasteiger charge is 2.30. The van der Waals surface area contributed by atoms with Crippen LogP contribution in [0.15, 0.2) is 42.5 Å². The summed E-state index contributed by atoms with van der Waals surface area (Å²) >= 11 is 0. The highest BCUT2D eigenvalue weighted by Crippen LogP contribution is 2.28. The van der Waals surface area contributed by atoms with Crippen molar-refractivity contribution in [2.45, 2.75) is 32.3 Å². The number of hydrogen-bond acceptors (Lipinski definition) is 4. The van der Waals surface area contributed by atoms with Crippen molar-refractivity contribution in [2.24, 2.45) is 0 Å². The number of amides is 2. The standard InChI is InChI=1S/C21H20N2O4/c1-13(20(25)23-11-10-14-4-2-3-5-18(14)23)27-21(26)16-6-8-17-15(12-16)7-9-19(24)22-17/h2-6,8,12-13H,7,9-11H2,1H3,(H,22,24). The topological polar surface area (TPSA) is 75.7 Å². The zero-order valence-electron chi connectivity index (χ0n) is 15.0. The Morgan fingerprint density at radius 2 is 1.89 bits per heavy atom. The van der Waals surface area contributed by atoms with Crippen LogP contribution in [0.2, 0.25) is 0 Å². The van der Waals surface area contributed by atoms with Gasteiger partial charge in [0.05, 0.1) is 5.56 Å². The van der Waals surface area contributed by atoms with Crippen LogP contribution in [0.4, 0.5) is 11.4 Å². The van der Waals surface area contributed by atoms with Gasteiger partial charge in [0.1, 0.15) is 0 Å². The number of nitrogens with zero attached hydrogens (tertiary/aromatic N) is 1. The van der Waals surface area contributed by atoms with Crippen LogP contribution in [0.5, 0.6) is 0 Å². The molecule has 4 rings (SSSR count). The number of aryl methyl sites for hydroxylation is 1. The number of esters is 1.